The second-order valence-electron chi connectivity index (χ2n) is 3.91. The third-order valence-electron chi connectivity index (χ3n) is 2.60. The Kier molecular flexibility index (Phi) is 2.38. The van der Waals surface area contributed by atoms with Gasteiger partial charge < -0.3 is 11.1 Å². The summed E-state index contributed by atoms with van der Waals surface area (Å²) in [7, 11) is 0. The lowest BCUT2D eigenvalue weighted by atomic mass is 10.3. The lowest BCUT2D eigenvalue weighted by Gasteiger charge is -2.05. The number of nitrogens with two attached hydrogens (primary N) is 1. The summed E-state index contributed by atoms with van der Waals surface area (Å²) in [6, 6.07) is 0.345. The summed E-state index contributed by atoms with van der Waals surface area (Å²) in [5, 5.41) is 7.13. The molecule has 5 heteroatoms. The Morgan fingerprint density at radius 1 is 1.67 bits per heavy atom. The molecule has 0 aromatic carbocycles. The van der Waals surface area contributed by atoms with E-state index in [2.05, 4.69) is 10.4 Å². The number of rotatable bonds is 3. The third kappa shape index (κ3) is 1.82. The zero-order chi connectivity index (χ0) is 11.0. The first-order chi connectivity index (χ1) is 7.13. The van der Waals surface area contributed by atoms with Gasteiger partial charge in [-0.3, -0.25) is 9.48 Å². The van der Waals surface area contributed by atoms with Gasteiger partial charge in [0, 0.05) is 12.6 Å². The first kappa shape index (κ1) is 10.0. The van der Waals surface area contributed by atoms with E-state index in [4.69, 9.17) is 5.73 Å². The molecular formula is C10H16N4O. The maximum Gasteiger partial charge on any atom is 0.271 e. The van der Waals surface area contributed by atoms with E-state index in [1.807, 2.05) is 13.8 Å². The zero-order valence-electron chi connectivity index (χ0n) is 9.08. The Balaban J connectivity index is 2.27. The number of amides is 1. The topological polar surface area (TPSA) is 72.9 Å². The van der Waals surface area contributed by atoms with Crippen LogP contribution in [0.25, 0.3) is 0 Å². The lowest BCUT2D eigenvalue weighted by Crippen LogP contribution is -2.28. The molecule has 5 nitrogen and oxygen atoms in total. The number of nitrogens with one attached hydrogen (secondary N) is 1. The molecule has 0 aliphatic heterocycles. The van der Waals surface area contributed by atoms with Crippen LogP contribution < -0.4 is 11.1 Å². The van der Waals surface area contributed by atoms with Gasteiger partial charge >= 0.3 is 0 Å². The second-order valence-corrected chi connectivity index (χ2v) is 3.91. The van der Waals surface area contributed by atoms with E-state index in [1.165, 1.54) is 0 Å². The fourth-order valence-electron chi connectivity index (χ4n) is 1.55. The Morgan fingerprint density at radius 3 is 2.87 bits per heavy atom. The molecule has 0 radical (unpaired) electrons. The van der Waals surface area contributed by atoms with E-state index in [1.54, 1.807) is 4.68 Å². The van der Waals surface area contributed by atoms with Crippen LogP contribution in [-0.2, 0) is 6.54 Å². The summed E-state index contributed by atoms with van der Waals surface area (Å²) in [4.78, 5) is 11.9. The highest BCUT2D eigenvalue weighted by Crippen LogP contribution is 2.21. The molecule has 0 saturated heterocycles. The normalized spacial score (nSPS) is 15.3. The summed E-state index contributed by atoms with van der Waals surface area (Å²) in [6.45, 7) is 4.42. The minimum atomic E-state index is -0.0996. The van der Waals surface area contributed by atoms with E-state index in [-0.39, 0.29) is 5.91 Å². The largest absolute Gasteiger partial charge is 0.395 e. The monoisotopic (exact) mass is 208 g/mol. The van der Waals surface area contributed by atoms with E-state index < -0.39 is 0 Å². The van der Waals surface area contributed by atoms with Gasteiger partial charge in [0.25, 0.3) is 5.91 Å². The number of carbonyl (C=O) groups is 1. The molecule has 2 rings (SSSR count). The molecule has 15 heavy (non-hydrogen) atoms. The van der Waals surface area contributed by atoms with E-state index in [0.29, 0.717) is 24.0 Å². The Morgan fingerprint density at radius 2 is 2.33 bits per heavy atom. The summed E-state index contributed by atoms with van der Waals surface area (Å²) in [6.07, 6.45) is 2.15. The zero-order valence-corrected chi connectivity index (χ0v) is 9.08. The van der Waals surface area contributed by atoms with Gasteiger partial charge in [-0.05, 0) is 26.7 Å². The first-order valence-corrected chi connectivity index (χ1v) is 5.27. The second kappa shape index (κ2) is 3.56. The van der Waals surface area contributed by atoms with Gasteiger partial charge in [0.15, 0.2) is 0 Å². The van der Waals surface area contributed by atoms with Crippen molar-refractivity contribution in [2.24, 2.45) is 0 Å². The van der Waals surface area contributed by atoms with Crippen molar-refractivity contribution in [3.8, 4) is 0 Å². The predicted molar refractivity (Wildman–Crippen MR) is 57.5 cm³/mol. The first-order valence-electron chi connectivity index (χ1n) is 5.27. The number of nitrogens with zero attached hydrogens (tertiary/aromatic N) is 2. The van der Waals surface area contributed by atoms with Crippen molar-refractivity contribution < 1.29 is 4.79 Å². The summed E-state index contributed by atoms with van der Waals surface area (Å²) < 4.78 is 1.66. The van der Waals surface area contributed by atoms with Gasteiger partial charge in [0.2, 0.25) is 0 Å². The lowest BCUT2D eigenvalue weighted by molar-refractivity contribution is 0.0941. The quantitative estimate of drug-likeness (QED) is 0.767. The molecule has 3 N–H and O–H groups in total. The molecule has 0 unspecified atom stereocenters. The molecule has 1 aliphatic rings. The molecule has 82 valence electrons. The highest BCUT2D eigenvalue weighted by molar-refractivity contribution is 5.98. The minimum Gasteiger partial charge on any atom is -0.395 e. The van der Waals surface area contributed by atoms with Crippen molar-refractivity contribution in [1.29, 1.82) is 0 Å². The molecule has 1 aromatic rings. The van der Waals surface area contributed by atoms with Gasteiger partial charge in [-0.2, -0.15) is 5.10 Å². The van der Waals surface area contributed by atoms with Crippen molar-refractivity contribution in [2.45, 2.75) is 39.3 Å². The molecule has 1 amide bonds. The fraction of sp³-hybridized carbons (Fsp3) is 0.600. The summed E-state index contributed by atoms with van der Waals surface area (Å²) >= 11 is 0. The molecular weight excluding hydrogens is 192 g/mol. The molecule has 0 spiro atoms. The van der Waals surface area contributed by atoms with Crippen LogP contribution in [0.3, 0.4) is 0 Å². The highest BCUT2D eigenvalue weighted by Gasteiger charge is 2.27. The number of nitrogen functional groups attached to an aromatic ring is 1. The van der Waals surface area contributed by atoms with Crippen LogP contribution in [-0.4, -0.2) is 21.7 Å². The number of hydrogen-bond acceptors (Lipinski definition) is 3. The van der Waals surface area contributed by atoms with Gasteiger partial charge in [0.05, 0.1) is 11.4 Å². The van der Waals surface area contributed by atoms with Crippen LogP contribution in [0.5, 0.6) is 0 Å². The molecule has 1 aliphatic carbocycles. The van der Waals surface area contributed by atoms with Gasteiger partial charge in [-0.25, -0.2) is 0 Å². The van der Waals surface area contributed by atoms with Gasteiger partial charge in [0.1, 0.15) is 5.69 Å². The molecule has 0 bridgehead atoms. The van der Waals surface area contributed by atoms with Crippen molar-refractivity contribution in [1.82, 2.24) is 15.1 Å². The molecule has 0 atom stereocenters. The van der Waals surface area contributed by atoms with Crippen molar-refractivity contribution >= 4 is 11.6 Å². The number of aromatic nitrogens is 2. The Bertz CT molecular complexity index is 392. The predicted octanol–water partition coefficient (Wildman–Crippen LogP) is 0.686. The van der Waals surface area contributed by atoms with E-state index >= 15 is 0 Å². The number of carbonyl (C=O) groups excluding carboxylic acids is 1. The third-order valence-corrected chi connectivity index (χ3v) is 2.60. The van der Waals surface area contributed by atoms with Crippen LogP contribution in [0, 0.1) is 6.92 Å². The van der Waals surface area contributed by atoms with Crippen molar-refractivity contribution in [3.05, 3.63) is 11.4 Å². The number of anilines is 1. The molecule has 1 saturated carbocycles. The van der Waals surface area contributed by atoms with Crippen LogP contribution in [0.1, 0.15) is 35.9 Å². The van der Waals surface area contributed by atoms with Gasteiger partial charge in [-0.1, -0.05) is 0 Å². The minimum absolute atomic E-state index is 0.0996. The van der Waals surface area contributed by atoms with E-state index in [9.17, 15) is 4.79 Å². The van der Waals surface area contributed by atoms with Crippen LogP contribution in [0.15, 0.2) is 0 Å². The maximum absolute atomic E-state index is 11.9. The van der Waals surface area contributed by atoms with Crippen LogP contribution in [0.2, 0.25) is 0 Å². The van der Waals surface area contributed by atoms with Crippen LogP contribution in [0.4, 0.5) is 5.69 Å². The SMILES string of the molecule is CCn1nc(C)c(N)c1C(=O)NC1CC1. The van der Waals surface area contributed by atoms with Gasteiger partial charge in [-0.15, -0.1) is 0 Å². The molecule has 1 fully saturated rings. The maximum atomic E-state index is 11.9. The number of hydrogen-bond donors (Lipinski definition) is 2. The molecule has 1 aromatic heterocycles. The summed E-state index contributed by atoms with van der Waals surface area (Å²) in [5.41, 5.74) is 7.55. The Labute approximate surface area is 88.6 Å². The standard InChI is InChI=1S/C10H16N4O/c1-3-14-9(8(11)6(2)13-14)10(15)12-7-4-5-7/h7H,3-5,11H2,1-2H3,(H,12,15). The van der Waals surface area contributed by atoms with E-state index in [0.717, 1.165) is 18.5 Å². The fourth-order valence-corrected chi connectivity index (χ4v) is 1.55. The average molecular weight is 208 g/mol. The Hall–Kier alpha value is -1.52. The molecule has 1 heterocycles. The summed E-state index contributed by atoms with van der Waals surface area (Å²) in [5.74, 6) is -0.0996. The average Bonchev–Trinajstić information content (AvgIpc) is 2.95. The van der Waals surface area contributed by atoms with Crippen molar-refractivity contribution in [3.63, 3.8) is 0 Å². The smallest absolute Gasteiger partial charge is 0.271 e. The number of aryl methyl sites for hydroxylation is 2. The van der Waals surface area contributed by atoms with Crippen LogP contribution >= 0.6 is 0 Å². The highest BCUT2D eigenvalue weighted by atomic mass is 16.2. The van der Waals surface area contributed by atoms with Crippen molar-refractivity contribution in [2.75, 3.05) is 5.73 Å².